The molecule has 0 bridgehead atoms. The predicted molar refractivity (Wildman–Crippen MR) is 89.1 cm³/mol. The zero-order valence-electron chi connectivity index (χ0n) is 12.7. The van der Waals surface area contributed by atoms with Crippen molar-refractivity contribution >= 4 is 17.4 Å². The molecule has 0 saturated heterocycles. The fraction of sp³-hybridized carbons (Fsp3) is 0.263. The van der Waals surface area contributed by atoms with Gasteiger partial charge in [-0.1, -0.05) is 48.9 Å². The van der Waals surface area contributed by atoms with Crippen molar-refractivity contribution in [3.05, 3.63) is 54.1 Å². The Morgan fingerprint density at radius 1 is 0.957 bits per heavy atom. The normalized spacial score (nSPS) is 20.3. The fourth-order valence-corrected chi connectivity index (χ4v) is 3.46. The topological polar surface area (TPSA) is 80.4 Å². The number of Topliss-reactive ketones (excluding diaryl/α,β-unsaturated/α-hetero) is 1. The van der Waals surface area contributed by atoms with E-state index in [1.807, 2.05) is 42.5 Å². The van der Waals surface area contributed by atoms with E-state index in [1.165, 1.54) is 0 Å². The quantitative estimate of drug-likeness (QED) is 0.667. The molecule has 23 heavy (non-hydrogen) atoms. The van der Waals surface area contributed by atoms with E-state index < -0.39 is 17.8 Å². The average Bonchev–Trinajstić information content (AvgIpc) is 3.05. The summed E-state index contributed by atoms with van der Waals surface area (Å²) in [4.78, 5) is 24.4. The lowest BCUT2D eigenvalue weighted by Crippen LogP contribution is -2.26. The Morgan fingerprint density at radius 3 is 2.35 bits per heavy atom. The molecule has 2 aromatic carbocycles. The Hall–Kier alpha value is -2.62. The first-order chi connectivity index (χ1) is 11.1. The standard InChI is InChI=1S/C19H19NO3/c20-16-11-5-8-13(12-6-2-1-3-7-12)17(16)18(21)14-9-4-10-15(14)19(22)23/h1-3,5-8,11,14-15H,4,9-10,20H2,(H,22,23). The average molecular weight is 309 g/mol. The molecule has 118 valence electrons. The third-order valence-corrected chi connectivity index (χ3v) is 4.60. The molecule has 1 aliphatic rings. The van der Waals surface area contributed by atoms with Crippen LogP contribution < -0.4 is 5.73 Å². The maximum atomic E-state index is 13.0. The first-order valence-corrected chi connectivity index (χ1v) is 7.80. The van der Waals surface area contributed by atoms with Crippen LogP contribution in [0.1, 0.15) is 29.6 Å². The first-order valence-electron chi connectivity index (χ1n) is 7.80. The van der Waals surface area contributed by atoms with Crippen LogP contribution >= 0.6 is 0 Å². The molecule has 2 unspecified atom stereocenters. The molecule has 1 saturated carbocycles. The van der Waals surface area contributed by atoms with Crippen LogP contribution in [0.25, 0.3) is 11.1 Å². The zero-order valence-corrected chi connectivity index (χ0v) is 12.7. The monoisotopic (exact) mass is 309 g/mol. The molecule has 0 spiro atoms. The van der Waals surface area contributed by atoms with Crippen molar-refractivity contribution in [1.82, 2.24) is 0 Å². The minimum Gasteiger partial charge on any atom is -0.481 e. The zero-order chi connectivity index (χ0) is 16.4. The number of ketones is 1. The second-order valence-electron chi connectivity index (χ2n) is 5.98. The molecule has 2 atom stereocenters. The van der Waals surface area contributed by atoms with Gasteiger partial charge in [-0.15, -0.1) is 0 Å². The van der Waals surface area contributed by atoms with Gasteiger partial charge in [0.1, 0.15) is 0 Å². The van der Waals surface area contributed by atoms with Crippen molar-refractivity contribution in [2.45, 2.75) is 19.3 Å². The van der Waals surface area contributed by atoms with Gasteiger partial charge in [-0.25, -0.2) is 0 Å². The Labute approximate surface area is 134 Å². The van der Waals surface area contributed by atoms with Gasteiger partial charge < -0.3 is 10.8 Å². The minimum absolute atomic E-state index is 0.146. The molecule has 3 N–H and O–H groups in total. The van der Waals surface area contributed by atoms with E-state index in [-0.39, 0.29) is 5.78 Å². The predicted octanol–water partition coefficient (Wildman–Crippen LogP) is 3.62. The molecule has 0 aliphatic heterocycles. The number of hydrogen-bond donors (Lipinski definition) is 2. The van der Waals surface area contributed by atoms with Gasteiger partial charge in [0.05, 0.1) is 5.92 Å². The first kappa shape index (κ1) is 15.3. The third kappa shape index (κ3) is 2.84. The van der Waals surface area contributed by atoms with Crippen molar-refractivity contribution in [3.63, 3.8) is 0 Å². The van der Waals surface area contributed by atoms with E-state index in [0.29, 0.717) is 24.1 Å². The highest BCUT2D eigenvalue weighted by atomic mass is 16.4. The van der Waals surface area contributed by atoms with E-state index >= 15 is 0 Å². The number of nitrogens with two attached hydrogens (primary N) is 1. The number of anilines is 1. The van der Waals surface area contributed by atoms with Gasteiger partial charge in [-0.2, -0.15) is 0 Å². The maximum absolute atomic E-state index is 13.0. The Balaban J connectivity index is 2.06. The number of aliphatic carboxylic acids is 1. The van der Waals surface area contributed by atoms with Crippen LogP contribution in [0.5, 0.6) is 0 Å². The van der Waals surface area contributed by atoms with Crippen molar-refractivity contribution in [3.8, 4) is 11.1 Å². The third-order valence-electron chi connectivity index (χ3n) is 4.60. The largest absolute Gasteiger partial charge is 0.481 e. The molecule has 3 rings (SSSR count). The van der Waals surface area contributed by atoms with Gasteiger partial charge in [0.15, 0.2) is 5.78 Å². The van der Waals surface area contributed by atoms with Crippen molar-refractivity contribution in [2.75, 3.05) is 5.73 Å². The van der Waals surface area contributed by atoms with Crippen LogP contribution in [0.2, 0.25) is 0 Å². The molecule has 0 radical (unpaired) electrons. The smallest absolute Gasteiger partial charge is 0.307 e. The summed E-state index contributed by atoms with van der Waals surface area (Å²) in [6, 6.07) is 15.0. The number of rotatable bonds is 4. The Kier molecular flexibility index (Phi) is 4.15. The number of hydrogen-bond acceptors (Lipinski definition) is 3. The van der Waals surface area contributed by atoms with Gasteiger partial charge in [0.2, 0.25) is 0 Å². The second kappa shape index (κ2) is 6.24. The molecule has 0 amide bonds. The Bertz CT molecular complexity index is 740. The lowest BCUT2D eigenvalue weighted by molar-refractivity contribution is -0.142. The Morgan fingerprint density at radius 2 is 1.65 bits per heavy atom. The highest BCUT2D eigenvalue weighted by Crippen LogP contribution is 2.38. The minimum atomic E-state index is -0.892. The van der Waals surface area contributed by atoms with Crippen molar-refractivity contribution in [1.29, 1.82) is 0 Å². The molecule has 4 heteroatoms. The van der Waals surface area contributed by atoms with E-state index in [2.05, 4.69) is 0 Å². The van der Waals surface area contributed by atoms with E-state index in [4.69, 9.17) is 5.73 Å². The van der Waals surface area contributed by atoms with E-state index in [9.17, 15) is 14.7 Å². The molecule has 0 heterocycles. The van der Waals surface area contributed by atoms with Crippen LogP contribution in [0.3, 0.4) is 0 Å². The number of carboxylic acids is 1. The number of nitrogen functional groups attached to an aromatic ring is 1. The number of carbonyl (C=O) groups excluding carboxylic acids is 1. The molecule has 4 nitrogen and oxygen atoms in total. The van der Waals surface area contributed by atoms with Crippen molar-refractivity contribution in [2.24, 2.45) is 11.8 Å². The fourth-order valence-electron chi connectivity index (χ4n) is 3.46. The van der Waals surface area contributed by atoms with Crippen LogP contribution in [0, 0.1) is 11.8 Å². The SMILES string of the molecule is Nc1cccc(-c2ccccc2)c1C(=O)C1CCCC1C(=O)O. The lowest BCUT2D eigenvalue weighted by atomic mass is 9.84. The lowest BCUT2D eigenvalue weighted by Gasteiger charge is -2.18. The van der Waals surface area contributed by atoms with Gasteiger partial charge in [-0.3, -0.25) is 9.59 Å². The van der Waals surface area contributed by atoms with Gasteiger partial charge in [0, 0.05) is 17.2 Å². The maximum Gasteiger partial charge on any atom is 0.307 e. The molecular weight excluding hydrogens is 290 g/mol. The summed E-state index contributed by atoms with van der Waals surface area (Å²) in [5.41, 5.74) is 8.63. The van der Waals surface area contributed by atoms with Gasteiger partial charge in [-0.05, 0) is 30.0 Å². The highest BCUT2D eigenvalue weighted by Gasteiger charge is 2.39. The summed E-state index contributed by atoms with van der Waals surface area (Å²) in [5.74, 6) is -2.13. The molecule has 1 fully saturated rings. The summed E-state index contributed by atoms with van der Waals surface area (Å²) in [5, 5.41) is 9.35. The second-order valence-corrected chi connectivity index (χ2v) is 5.98. The van der Waals surface area contributed by atoms with Crippen LogP contribution in [-0.2, 0) is 4.79 Å². The molecular formula is C19H19NO3. The van der Waals surface area contributed by atoms with Crippen LogP contribution in [-0.4, -0.2) is 16.9 Å². The number of benzene rings is 2. The summed E-state index contributed by atoms with van der Waals surface area (Å²) in [6.45, 7) is 0. The van der Waals surface area contributed by atoms with Gasteiger partial charge >= 0.3 is 5.97 Å². The molecule has 2 aromatic rings. The summed E-state index contributed by atoms with van der Waals surface area (Å²) in [7, 11) is 0. The molecule has 1 aliphatic carbocycles. The van der Waals surface area contributed by atoms with E-state index in [1.54, 1.807) is 6.07 Å². The van der Waals surface area contributed by atoms with E-state index in [0.717, 1.165) is 17.5 Å². The number of carboxylic acid groups (broad SMARTS) is 1. The van der Waals surface area contributed by atoms with Crippen molar-refractivity contribution < 1.29 is 14.7 Å². The number of carbonyl (C=O) groups is 2. The summed E-state index contributed by atoms with van der Waals surface area (Å²) >= 11 is 0. The van der Waals surface area contributed by atoms with Crippen LogP contribution in [0.15, 0.2) is 48.5 Å². The van der Waals surface area contributed by atoms with Crippen LogP contribution in [0.4, 0.5) is 5.69 Å². The summed E-state index contributed by atoms with van der Waals surface area (Å²) in [6.07, 6.45) is 1.93. The van der Waals surface area contributed by atoms with Gasteiger partial charge in [0.25, 0.3) is 0 Å². The summed E-state index contributed by atoms with van der Waals surface area (Å²) < 4.78 is 0. The highest BCUT2D eigenvalue weighted by molar-refractivity contribution is 6.09. The molecule has 0 aromatic heterocycles.